The molecule has 0 N–H and O–H groups in total. The van der Waals surface area contributed by atoms with Crippen molar-refractivity contribution in [2.24, 2.45) is 0 Å². The maximum Gasteiger partial charge on any atom is 0.338 e. The van der Waals surface area contributed by atoms with Gasteiger partial charge in [0.1, 0.15) is 5.69 Å². The van der Waals surface area contributed by atoms with Crippen molar-refractivity contribution in [3.63, 3.8) is 0 Å². The number of hydrogen-bond acceptors (Lipinski definition) is 7. The summed E-state index contributed by atoms with van der Waals surface area (Å²) in [6.07, 6.45) is 3.10. The van der Waals surface area contributed by atoms with Gasteiger partial charge >= 0.3 is 5.97 Å². The van der Waals surface area contributed by atoms with Crippen molar-refractivity contribution in [3.8, 4) is 34.3 Å². The van der Waals surface area contributed by atoms with E-state index in [0.717, 1.165) is 5.56 Å². The zero-order valence-corrected chi connectivity index (χ0v) is 14.4. The molecule has 2 aromatic heterocycles. The Kier molecular flexibility index (Phi) is 4.40. The Hall–Kier alpha value is -3.87. The van der Waals surface area contributed by atoms with Gasteiger partial charge in [0.15, 0.2) is 0 Å². The summed E-state index contributed by atoms with van der Waals surface area (Å²) in [5.41, 5.74) is 2.76. The standard InChI is InChI=1S/C20H14N4O3/c1-26-20(25)15-10-6-5-9-14(15)16-11-21-12-17(22-16)19-24-23-18(27-19)13-7-3-2-4-8-13/h2-12H,1H3. The number of rotatable bonds is 4. The lowest BCUT2D eigenvalue weighted by atomic mass is 10.0. The van der Waals surface area contributed by atoms with E-state index in [1.807, 2.05) is 36.4 Å². The molecule has 2 aromatic carbocycles. The maximum absolute atomic E-state index is 12.0. The molecule has 0 saturated carbocycles. The van der Waals surface area contributed by atoms with Crippen LogP contribution in [0.15, 0.2) is 71.4 Å². The SMILES string of the molecule is COC(=O)c1ccccc1-c1cncc(-c2nnc(-c3ccccc3)o2)n1. The Bertz CT molecular complexity index is 1090. The molecule has 4 rings (SSSR count). The minimum atomic E-state index is -0.443. The van der Waals surface area contributed by atoms with Gasteiger partial charge in [0.05, 0.1) is 30.8 Å². The van der Waals surface area contributed by atoms with Crippen LogP contribution >= 0.6 is 0 Å². The predicted molar refractivity (Wildman–Crippen MR) is 97.5 cm³/mol. The zero-order chi connectivity index (χ0) is 18.6. The van der Waals surface area contributed by atoms with Gasteiger partial charge in [-0.05, 0) is 18.2 Å². The van der Waals surface area contributed by atoms with Gasteiger partial charge in [0.25, 0.3) is 5.89 Å². The van der Waals surface area contributed by atoms with E-state index in [1.54, 1.807) is 24.4 Å². The molecule has 0 aliphatic heterocycles. The molecule has 0 saturated heterocycles. The molecule has 27 heavy (non-hydrogen) atoms. The number of hydrogen-bond donors (Lipinski definition) is 0. The highest BCUT2D eigenvalue weighted by Gasteiger charge is 2.16. The summed E-state index contributed by atoms with van der Waals surface area (Å²) in [5, 5.41) is 8.13. The highest BCUT2D eigenvalue weighted by atomic mass is 16.5. The van der Waals surface area contributed by atoms with E-state index in [0.29, 0.717) is 28.4 Å². The molecular weight excluding hydrogens is 344 g/mol. The third kappa shape index (κ3) is 3.30. The molecule has 0 atom stereocenters. The van der Waals surface area contributed by atoms with Crippen molar-refractivity contribution < 1.29 is 13.9 Å². The van der Waals surface area contributed by atoms with Crippen LogP contribution in [0.5, 0.6) is 0 Å². The van der Waals surface area contributed by atoms with Gasteiger partial charge in [-0.2, -0.15) is 0 Å². The quantitative estimate of drug-likeness (QED) is 0.514. The second-order valence-electron chi connectivity index (χ2n) is 5.61. The number of aromatic nitrogens is 4. The monoisotopic (exact) mass is 358 g/mol. The van der Waals surface area contributed by atoms with Crippen LogP contribution in [0.1, 0.15) is 10.4 Å². The van der Waals surface area contributed by atoms with Crippen molar-refractivity contribution in [2.45, 2.75) is 0 Å². The first kappa shape index (κ1) is 16.6. The molecular formula is C20H14N4O3. The molecule has 0 amide bonds. The summed E-state index contributed by atoms with van der Waals surface area (Å²) in [5.74, 6) is 0.202. The predicted octanol–water partition coefficient (Wildman–Crippen LogP) is 3.65. The molecule has 0 bridgehead atoms. The Morgan fingerprint density at radius 2 is 1.59 bits per heavy atom. The second kappa shape index (κ2) is 7.17. The second-order valence-corrected chi connectivity index (χ2v) is 5.61. The van der Waals surface area contributed by atoms with Crippen molar-refractivity contribution in [1.82, 2.24) is 20.2 Å². The van der Waals surface area contributed by atoms with Gasteiger partial charge in [-0.15, -0.1) is 10.2 Å². The fourth-order valence-electron chi connectivity index (χ4n) is 2.62. The molecule has 7 heteroatoms. The largest absolute Gasteiger partial charge is 0.465 e. The first-order valence-corrected chi connectivity index (χ1v) is 8.15. The van der Waals surface area contributed by atoms with Crippen LogP contribution in [-0.2, 0) is 4.74 Å². The third-order valence-corrected chi connectivity index (χ3v) is 3.91. The van der Waals surface area contributed by atoms with E-state index < -0.39 is 5.97 Å². The van der Waals surface area contributed by atoms with Crippen LogP contribution < -0.4 is 0 Å². The molecule has 4 aromatic rings. The topological polar surface area (TPSA) is 91.0 Å². The van der Waals surface area contributed by atoms with Gasteiger partial charge in [-0.1, -0.05) is 36.4 Å². The van der Waals surface area contributed by atoms with E-state index >= 15 is 0 Å². The lowest BCUT2D eigenvalue weighted by molar-refractivity contribution is 0.0601. The average Bonchev–Trinajstić information content (AvgIpc) is 3.24. The summed E-state index contributed by atoms with van der Waals surface area (Å²) in [6, 6.07) is 16.5. The highest BCUT2D eigenvalue weighted by Crippen LogP contribution is 2.26. The summed E-state index contributed by atoms with van der Waals surface area (Å²) < 4.78 is 10.6. The van der Waals surface area contributed by atoms with Crippen LogP contribution in [0.3, 0.4) is 0 Å². The number of methoxy groups -OCH3 is 1. The van der Waals surface area contributed by atoms with E-state index in [9.17, 15) is 4.79 Å². The highest BCUT2D eigenvalue weighted by molar-refractivity contribution is 5.96. The minimum absolute atomic E-state index is 0.249. The van der Waals surface area contributed by atoms with E-state index in [-0.39, 0.29) is 5.89 Å². The summed E-state index contributed by atoms with van der Waals surface area (Å²) >= 11 is 0. The Morgan fingerprint density at radius 1 is 0.889 bits per heavy atom. The normalized spacial score (nSPS) is 10.6. The number of nitrogens with zero attached hydrogens (tertiary/aromatic N) is 4. The van der Waals surface area contributed by atoms with Crippen molar-refractivity contribution in [1.29, 1.82) is 0 Å². The molecule has 0 aliphatic carbocycles. The summed E-state index contributed by atoms with van der Waals surface area (Å²) in [6.45, 7) is 0. The Morgan fingerprint density at radius 3 is 2.41 bits per heavy atom. The smallest absolute Gasteiger partial charge is 0.338 e. The lowest BCUT2D eigenvalue weighted by Crippen LogP contribution is -2.04. The number of benzene rings is 2. The van der Waals surface area contributed by atoms with Crippen molar-refractivity contribution in [2.75, 3.05) is 7.11 Å². The summed E-state index contributed by atoms with van der Waals surface area (Å²) in [7, 11) is 1.34. The van der Waals surface area contributed by atoms with E-state index in [1.165, 1.54) is 13.3 Å². The molecule has 0 unspecified atom stereocenters. The van der Waals surface area contributed by atoms with Gasteiger partial charge in [0, 0.05) is 11.1 Å². The molecule has 0 radical (unpaired) electrons. The fraction of sp³-hybridized carbons (Fsp3) is 0.0500. The van der Waals surface area contributed by atoms with Gasteiger partial charge < -0.3 is 9.15 Å². The minimum Gasteiger partial charge on any atom is -0.465 e. The number of esters is 1. The zero-order valence-electron chi connectivity index (χ0n) is 14.4. The molecule has 0 spiro atoms. The van der Waals surface area contributed by atoms with Crippen LogP contribution in [0.2, 0.25) is 0 Å². The number of carbonyl (C=O) groups excluding carboxylic acids is 1. The average molecular weight is 358 g/mol. The Labute approximate surface area is 154 Å². The van der Waals surface area contributed by atoms with Crippen molar-refractivity contribution >= 4 is 5.97 Å². The van der Waals surface area contributed by atoms with Gasteiger partial charge in [-0.3, -0.25) is 4.98 Å². The van der Waals surface area contributed by atoms with Crippen molar-refractivity contribution in [3.05, 3.63) is 72.6 Å². The molecule has 132 valence electrons. The number of carbonyl (C=O) groups is 1. The first-order valence-electron chi connectivity index (χ1n) is 8.15. The van der Waals surface area contributed by atoms with Crippen LogP contribution in [-0.4, -0.2) is 33.2 Å². The molecule has 7 nitrogen and oxygen atoms in total. The van der Waals surface area contributed by atoms with Crippen LogP contribution in [0.4, 0.5) is 0 Å². The number of ether oxygens (including phenoxy) is 1. The van der Waals surface area contributed by atoms with Gasteiger partial charge in [-0.25, -0.2) is 9.78 Å². The lowest BCUT2D eigenvalue weighted by Gasteiger charge is -2.07. The van der Waals surface area contributed by atoms with Gasteiger partial charge in [0.2, 0.25) is 5.89 Å². The van der Waals surface area contributed by atoms with E-state index in [2.05, 4.69) is 20.2 Å². The first-order chi connectivity index (χ1) is 13.3. The third-order valence-electron chi connectivity index (χ3n) is 3.91. The summed E-state index contributed by atoms with van der Waals surface area (Å²) in [4.78, 5) is 20.7. The maximum atomic E-state index is 12.0. The molecule has 0 fully saturated rings. The molecule has 0 aliphatic rings. The van der Waals surface area contributed by atoms with Crippen LogP contribution in [0.25, 0.3) is 34.3 Å². The van der Waals surface area contributed by atoms with Crippen LogP contribution in [0, 0.1) is 0 Å². The van der Waals surface area contributed by atoms with E-state index in [4.69, 9.17) is 9.15 Å². The fourth-order valence-corrected chi connectivity index (χ4v) is 2.62. The Balaban J connectivity index is 1.73. The molecule has 2 heterocycles.